The van der Waals surface area contributed by atoms with Gasteiger partial charge in [-0.1, -0.05) is 91.0 Å². The van der Waals surface area contributed by atoms with Crippen molar-refractivity contribution in [3.05, 3.63) is 173 Å². The molecule has 2 aliphatic heterocycles. The Morgan fingerprint density at radius 1 is 0.488 bits per heavy atom. The van der Waals surface area contributed by atoms with Gasteiger partial charge in [-0.25, -0.2) is 4.98 Å². The van der Waals surface area contributed by atoms with E-state index in [0.717, 1.165) is 39.6 Å². The minimum Gasteiger partial charge on any atom is -0.310 e. The third-order valence-corrected chi connectivity index (χ3v) is 8.57. The topological polar surface area (TPSA) is 67.0 Å². The largest absolute Gasteiger partial charge is 0.310 e. The van der Waals surface area contributed by atoms with E-state index in [0.29, 0.717) is 11.3 Å². The maximum Gasteiger partial charge on any atom is 0.142 e. The van der Waals surface area contributed by atoms with Crippen molar-refractivity contribution in [3.63, 3.8) is 0 Å². The molecule has 0 fully saturated rings. The molecule has 8 rings (SSSR count). The van der Waals surface area contributed by atoms with Crippen molar-refractivity contribution in [3.8, 4) is 12.1 Å². The fourth-order valence-corrected chi connectivity index (χ4v) is 6.96. The number of anilines is 6. The Balaban J connectivity index is 1.52. The van der Waals surface area contributed by atoms with Crippen LogP contribution in [-0.2, 0) is 5.41 Å². The second-order valence-electron chi connectivity index (χ2n) is 10.6. The van der Waals surface area contributed by atoms with Gasteiger partial charge in [0.05, 0.1) is 39.4 Å². The number of rotatable bonds is 2. The Kier molecular flexibility index (Phi) is 5.41. The van der Waals surface area contributed by atoms with Crippen LogP contribution in [0.15, 0.2) is 140 Å². The molecule has 2 aliphatic rings. The van der Waals surface area contributed by atoms with Crippen LogP contribution in [0.5, 0.6) is 0 Å². The number of nitriles is 2. The number of nitrogens with zero attached hydrogens (tertiary/aromatic N) is 5. The Labute approximate surface area is 249 Å². The molecular weight excluding hydrogens is 526 g/mol. The summed E-state index contributed by atoms with van der Waals surface area (Å²) in [6.45, 7) is 0. The van der Waals surface area contributed by atoms with Crippen molar-refractivity contribution in [2.24, 2.45) is 0 Å². The monoisotopic (exact) mass is 549 g/mol. The molecule has 0 saturated carbocycles. The zero-order valence-corrected chi connectivity index (χ0v) is 23.0. The predicted molar refractivity (Wildman–Crippen MR) is 168 cm³/mol. The summed E-state index contributed by atoms with van der Waals surface area (Å²) >= 11 is 0. The number of para-hydroxylation sites is 5. The van der Waals surface area contributed by atoms with Gasteiger partial charge in [-0.05, 0) is 58.7 Å². The average Bonchev–Trinajstić information content (AvgIpc) is 3.08. The van der Waals surface area contributed by atoms with Crippen LogP contribution in [0.2, 0.25) is 0 Å². The molecule has 0 aliphatic carbocycles. The third kappa shape index (κ3) is 3.34. The van der Waals surface area contributed by atoms with E-state index in [-0.39, 0.29) is 5.69 Å². The smallest absolute Gasteiger partial charge is 0.142 e. The molecule has 3 heterocycles. The fraction of sp³-hybridized carbons (Fsp3) is 0.0263. The molecule has 0 unspecified atom stereocenters. The first-order valence-corrected chi connectivity index (χ1v) is 14.1. The van der Waals surface area contributed by atoms with Gasteiger partial charge >= 0.3 is 0 Å². The Morgan fingerprint density at radius 2 is 0.930 bits per heavy atom. The highest BCUT2D eigenvalue weighted by molar-refractivity contribution is 5.96. The van der Waals surface area contributed by atoms with Gasteiger partial charge in [0, 0.05) is 18.0 Å². The molecule has 0 atom stereocenters. The molecule has 5 nitrogen and oxygen atoms in total. The van der Waals surface area contributed by atoms with Crippen LogP contribution in [0.3, 0.4) is 0 Å². The van der Waals surface area contributed by atoms with Gasteiger partial charge in [-0.3, -0.25) is 0 Å². The fourth-order valence-electron chi connectivity index (χ4n) is 6.96. The van der Waals surface area contributed by atoms with Gasteiger partial charge < -0.3 is 9.80 Å². The number of fused-ring (bicyclic) bond motifs is 8. The Bertz CT molecular complexity index is 2040. The first kappa shape index (κ1) is 24.6. The Morgan fingerprint density at radius 3 is 1.40 bits per heavy atom. The Hall–Kier alpha value is -6.17. The minimum absolute atomic E-state index is 0.260. The minimum atomic E-state index is -0.653. The quantitative estimate of drug-likeness (QED) is 0.216. The van der Waals surface area contributed by atoms with E-state index < -0.39 is 5.41 Å². The van der Waals surface area contributed by atoms with Crippen LogP contribution in [0.4, 0.5) is 34.1 Å². The van der Waals surface area contributed by atoms with Gasteiger partial charge in [0.25, 0.3) is 0 Å². The molecule has 0 saturated heterocycles. The van der Waals surface area contributed by atoms with Gasteiger partial charge in [0.1, 0.15) is 17.8 Å². The number of benzene rings is 5. The highest BCUT2D eigenvalue weighted by Crippen LogP contribution is 2.63. The van der Waals surface area contributed by atoms with E-state index in [2.05, 4.69) is 136 Å². The molecule has 43 heavy (non-hydrogen) atoms. The van der Waals surface area contributed by atoms with Gasteiger partial charge in [-0.2, -0.15) is 10.5 Å². The molecular formula is C38H23N5. The van der Waals surface area contributed by atoms with Gasteiger partial charge in [0.15, 0.2) is 0 Å². The van der Waals surface area contributed by atoms with E-state index in [1.807, 2.05) is 18.2 Å². The summed E-state index contributed by atoms with van der Waals surface area (Å²) < 4.78 is 0. The van der Waals surface area contributed by atoms with Crippen LogP contribution < -0.4 is 9.80 Å². The summed E-state index contributed by atoms with van der Waals surface area (Å²) in [7, 11) is 0. The summed E-state index contributed by atoms with van der Waals surface area (Å²) in [5, 5.41) is 19.9. The van der Waals surface area contributed by atoms with Crippen molar-refractivity contribution < 1.29 is 0 Å². The zero-order valence-electron chi connectivity index (χ0n) is 23.0. The van der Waals surface area contributed by atoms with E-state index in [1.165, 1.54) is 17.3 Å². The van der Waals surface area contributed by atoms with Crippen molar-refractivity contribution in [2.75, 3.05) is 9.80 Å². The van der Waals surface area contributed by atoms with E-state index in [9.17, 15) is 10.5 Å². The lowest BCUT2D eigenvalue weighted by atomic mass is 9.60. The molecule has 6 aromatic rings. The summed E-state index contributed by atoms with van der Waals surface area (Å²) in [5.74, 6) is 0. The highest BCUT2D eigenvalue weighted by Gasteiger charge is 2.51. The van der Waals surface area contributed by atoms with Gasteiger partial charge in [0.2, 0.25) is 0 Å². The molecule has 0 N–H and O–H groups in total. The SMILES string of the molecule is N#Cc1cc(N2c3ccccc3C3(c4ccccc4N(c4ccccc4)c4ccccc43)c3ccccc32)c(C#N)cn1. The van der Waals surface area contributed by atoms with Crippen molar-refractivity contribution in [2.45, 2.75) is 5.41 Å². The first-order chi connectivity index (χ1) is 21.3. The maximum atomic E-state index is 10.1. The predicted octanol–water partition coefficient (Wildman–Crippen LogP) is 8.77. The molecule has 1 spiro atoms. The normalized spacial score (nSPS) is 13.6. The number of hydrogen-bond donors (Lipinski definition) is 0. The second-order valence-corrected chi connectivity index (χ2v) is 10.6. The van der Waals surface area contributed by atoms with Crippen molar-refractivity contribution >= 4 is 34.1 Å². The highest BCUT2D eigenvalue weighted by atomic mass is 15.2. The lowest BCUT2D eigenvalue weighted by molar-refractivity contribution is 0.718. The molecule has 5 aromatic carbocycles. The lowest BCUT2D eigenvalue weighted by Gasteiger charge is -2.51. The average molecular weight is 550 g/mol. The first-order valence-electron chi connectivity index (χ1n) is 14.1. The number of hydrogen-bond acceptors (Lipinski definition) is 5. The van der Waals surface area contributed by atoms with Crippen LogP contribution in [-0.4, -0.2) is 4.98 Å². The zero-order chi connectivity index (χ0) is 29.0. The summed E-state index contributed by atoms with van der Waals surface area (Å²) in [6.07, 6.45) is 1.49. The van der Waals surface area contributed by atoms with Crippen LogP contribution >= 0.6 is 0 Å². The van der Waals surface area contributed by atoms with Gasteiger partial charge in [-0.15, -0.1) is 0 Å². The molecule has 1 aromatic heterocycles. The third-order valence-electron chi connectivity index (χ3n) is 8.57. The van der Waals surface area contributed by atoms with Crippen molar-refractivity contribution in [1.29, 1.82) is 10.5 Å². The lowest BCUT2D eigenvalue weighted by Crippen LogP contribution is -2.42. The van der Waals surface area contributed by atoms with E-state index in [4.69, 9.17) is 0 Å². The molecule has 0 amide bonds. The second kappa shape index (κ2) is 9.45. The standard InChI is InChI=1S/C38H23N5/c39-23-26-25-41-27(24-40)22-37(26)43-35-20-10-6-16-31(35)38(32-17-7-11-21-36(32)43)29-14-4-8-18-33(29)42(28-12-2-1-3-13-28)34-19-9-5-15-30(34)38/h1-22,25H. The van der Waals surface area contributed by atoms with Crippen molar-refractivity contribution in [1.82, 2.24) is 4.98 Å². The summed E-state index contributed by atoms with van der Waals surface area (Å²) in [5.41, 5.74) is 10.4. The summed E-state index contributed by atoms with van der Waals surface area (Å²) in [4.78, 5) is 8.67. The van der Waals surface area contributed by atoms with Crippen LogP contribution in [0, 0.1) is 22.7 Å². The number of aromatic nitrogens is 1. The molecule has 0 radical (unpaired) electrons. The number of pyridine rings is 1. The molecule has 5 heteroatoms. The van der Waals surface area contributed by atoms with E-state index in [1.54, 1.807) is 6.07 Å². The van der Waals surface area contributed by atoms with Crippen LogP contribution in [0.1, 0.15) is 33.5 Å². The molecule has 200 valence electrons. The summed E-state index contributed by atoms with van der Waals surface area (Å²) in [6, 6.07) is 50.8. The van der Waals surface area contributed by atoms with E-state index >= 15 is 0 Å². The maximum absolute atomic E-state index is 10.1. The van der Waals surface area contributed by atoms with Crippen LogP contribution in [0.25, 0.3) is 0 Å². The molecule has 0 bridgehead atoms.